The van der Waals surface area contributed by atoms with Gasteiger partial charge in [0.1, 0.15) is 12.4 Å². The molecule has 0 bridgehead atoms. The molecule has 0 saturated carbocycles. The van der Waals surface area contributed by atoms with Gasteiger partial charge in [-0.3, -0.25) is 4.79 Å². The Labute approximate surface area is 141 Å². The van der Waals surface area contributed by atoms with E-state index in [9.17, 15) is 4.79 Å². The molecule has 0 aliphatic heterocycles. The molecule has 0 aliphatic rings. The minimum atomic E-state index is -0.190. The first-order valence-corrected chi connectivity index (χ1v) is 7.65. The summed E-state index contributed by atoms with van der Waals surface area (Å²) in [5.41, 5.74) is 1.96. The van der Waals surface area contributed by atoms with Crippen LogP contribution in [0, 0.1) is 11.3 Å². The fraction of sp³-hybridized carbons (Fsp3) is 0.211. The van der Waals surface area contributed by atoms with Crippen molar-refractivity contribution in [1.29, 1.82) is 5.26 Å². The van der Waals surface area contributed by atoms with E-state index in [1.54, 1.807) is 6.21 Å². The summed E-state index contributed by atoms with van der Waals surface area (Å²) in [6.07, 6.45) is 1.85. The highest BCUT2D eigenvalue weighted by Crippen LogP contribution is 2.13. The monoisotopic (exact) mass is 321 g/mol. The highest BCUT2D eigenvalue weighted by atomic mass is 16.5. The summed E-state index contributed by atoms with van der Waals surface area (Å²) in [5, 5.41) is 14.0. The molecule has 0 saturated heterocycles. The maximum absolute atomic E-state index is 11.4. The van der Waals surface area contributed by atoms with Gasteiger partial charge in [-0.15, -0.1) is 0 Å². The van der Waals surface area contributed by atoms with Crippen LogP contribution in [0.3, 0.4) is 0 Å². The first kappa shape index (κ1) is 17.2. The molecule has 0 radical (unpaired) electrons. The van der Waals surface area contributed by atoms with Crippen LogP contribution in [-0.2, 0) is 11.4 Å². The average Bonchev–Trinajstić information content (AvgIpc) is 2.61. The lowest BCUT2D eigenvalue weighted by molar-refractivity contribution is -0.128. The summed E-state index contributed by atoms with van der Waals surface area (Å²) in [7, 11) is 0. The molecule has 122 valence electrons. The largest absolute Gasteiger partial charge is 0.489 e. The molecule has 2 aromatic rings. The van der Waals surface area contributed by atoms with Gasteiger partial charge < -0.3 is 4.74 Å². The standard InChI is InChI=1S/C19H19N3O2/c1-16(23)22(13-5-12-20)21-14-17-8-10-19(11-9-17)24-15-18-6-3-2-4-7-18/h2-4,6-11,14H,5,13,15H2,1H3. The van der Waals surface area contributed by atoms with Gasteiger partial charge >= 0.3 is 0 Å². The Morgan fingerprint density at radius 1 is 1.21 bits per heavy atom. The smallest absolute Gasteiger partial charge is 0.239 e. The van der Waals surface area contributed by atoms with Gasteiger partial charge in [0, 0.05) is 6.92 Å². The molecule has 2 aromatic carbocycles. The minimum Gasteiger partial charge on any atom is -0.489 e. The number of hydrazone groups is 1. The third-order valence-corrected chi connectivity index (χ3v) is 3.27. The van der Waals surface area contributed by atoms with E-state index in [2.05, 4.69) is 5.10 Å². The van der Waals surface area contributed by atoms with Gasteiger partial charge in [0.2, 0.25) is 5.91 Å². The molecule has 5 nitrogen and oxygen atoms in total. The van der Waals surface area contributed by atoms with Gasteiger partial charge in [-0.05, 0) is 35.4 Å². The molecule has 0 aliphatic carbocycles. The number of nitriles is 1. The zero-order valence-electron chi connectivity index (χ0n) is 13.6. The fourth-order valence-electron chi connectivity index (χ4n) is 1.98. The van der Waals surface area contributed by atoms with Crippen LogP contribution >= 0.6 is 0 Å². The van der Waals surface area contributed by atoms with Crippen molar-refractivity contribution in [2.75, 3.05) is 6.54 Å². The maximum atomic E-state index is 11.4. The van der Waals surface area contributed by atoms with Crippen molar-refractivity contribution in [3.05, 3.63) is 65.7 Å². The van der Waals surface area contributed by atoms with Crippen molar-refractivity contribution in [1.82, 2.24) is 5.01 Å². The summed E-state index contributed by atoms with van der Waals surface area (Å²) >= 11 is 0. The first-order valence-electron chi connectivity index (χ1n) is 7.65. The van der Waals surface area contributed by atoms with E-state index < -0.39 is 0 Å². The van der Waals surface area contributed by atoms with Crippen LogP contribution in [0.15, 0.2) is 59.7 Å². The predicted molar refractivity (Wildman–Crippen MR) is 92.4 cm³/mol. The number of hydrogen-bond donors (Lipinski definition) is 0. The van der Waals surface area contributed by atoms with Crippen LogP contribution in [0.5, 0.6) is 5.75 Å². The van der Waals surface area contributed by atoms with E-state index >= 15 is 0 Å². The number of carbonyl (C=O) groups is 1. The Morgan fingerprint density at radius 3 is 2.54 bits per heavy atom. The molecule has 2 rings (SSSR count). The van der Waals surface area contributed by atoms with Crippen LogP contribution < -0.4 is 4.74 Å². The molecule has 1 amide bonds. The van der Waals surface area contributed by atoms with Crippen LogP contribution in [0.25, 0.3) is 0 Å². The van der Waals surface area contributed by atoms with Gasteiger partial charge in [-0.1, -0.05) is 30.3 Å². The normalized spacial score (nSPS) is 10.3. The second kappa shape index (κ2) is 9.11. The summed E-state index contributed by atoms with van der Waals surface area (Å²) in [4.78, 5) is 11.4. The zero-order valence-corrected chi connectivity index (χ0v) is 13.6. The van der Waals surface area contributed by atoms with Gasteiger partial charge in [0.05, 0.1) is 25.2 Å². The summed E-state index contributed by atoms with van der Waals surface area (Å²) in [5.74, 6) is 0.577. The van der Waals surface area contributed by atoms with Gasteiger partial charge in [0.25, 0.3) is 0 Å². The second-order valence-corrected chi connectivity index (χ2v) is 5.14. The molecule has 0 aromatic heterocycles. The van der Waals surface area contributed by atoms with Crippen LogP contribution in [0.4, 0.5) is 0 Å². The highest BCUT2D eigenvalue weighted by Gasteiger charge is 2.05. The number of carbonyl (C=O) groups excluding carboxylic acids is 1. The Hall–Kier alpha value is -3.13. The number of amides is 1. The minimum absolute atomic E-state index is 0.190. The SMILES string of the molecule is CC(=O)N(CCC#N)N=Cc1ccc(OCc2ccccc2)cc1. The van der Waals surface area contributed by atoms with E-state index in [1.165, 1.54) is 11.9 Å². The van der Waals surface area contributed by atoms with Crippen LogP contribution in [0.1, 0.15) is 24.5 Å². The lowest BCUT2D eigenvalue weighted by Crippen LogP contribution is -2.24. The molecular formula is C19H19N3O2. The number of nitrogens with zero attached hydrogens (tertiary/aromatic N) is 3. The van der Waals surface area contributed by atoms with Crippen molar-refractivity contribution in [3.63, 3.8) is 0 Å². The molecule has 5 heteroatoms. The number of benzene rings is 2. The molecule has 0 fully saturated rings. The topological polar surface area (TPSA) is 65.7 Å². The maximum Gasteiger partial charge on any atom is 0.239 e. The van der Waals surface area contributed by atoms with Crippen molar-refractivity contribution in [2.24, 2.45) is 5.10 Å². The van der Waals surface area contributed by atoms with Gasteiger partial charge in [0.15, 0.2) is 0 Å². The Balaban J connectivity index is 1.92. The van der Waals surface area contributed by atoms with E-state index in [0.29, 0.717) is 13.2 Å². The molecule has 0 unspecified atom stereocenters. The Bertz CT molecular complexity index is 719. The van der Waals surface area contributed by atoms with Crippen LogP contribution in [0.2, 0.25) is 0 Å². The Morgan fingerprint density at radius 2 is 1.92 bits per heavy atom. The molecule has 0 N–H and O–H groups in total. The van der Waals surface area contributed by atoms with E-state index in [-0.39, 0.29) is 12.3 Å². The lowest BCUT2D eigenvalue weighted by atomic mass is 10.2. The fourth-order valence-corrected chi connectivity index (χ4v) is 1.98. The lowest BCUT2D eigenvalue weighted by Gasteiger charge is -2.12. The third kappa shape index (κ3) is 5.58. The number of hydrogen-bond acceptors (Lipinski definition) is 4. The van der Waals surface area contributed by atoms with E-state index in [1.807, 2.05) is 60.7 Å². The van der Waals surface area contributed by atoms with E-state index in [4.69, 9.17) is 10.00 Å². The first-order chi connectivity index (χ1) is 11.7. The molecule has 0 heterocycles. The van der Waals surface area contributed by atoms with Crippen molar-refractivity contribution in [3.8, 4) is 11.8 Å². The van der Waals surface area contributed by atoms with Crippen molar-refractivity contribution < 1.29 is 9.53 Å². The third-order valence-electron chi connectivity index (χ3n) is 3.27. The van der Waals surface area contributed by atoms with E-state index in [0.717, 1.165) is 16.9 Å². The van der Waals surface area contributed by atoms with Gasteiger partial charge in [-0.2, -0.15) is 10.4 Å². The number of rotatable bonds is 7. The highest BCUT2D eigenvalue weighted by molar-refractivity contribution is 5.81. The number of ether oxygens (including phenoxy) is 1. The summed E-state index contributed by atoms with van der Waals surface area (Å²) in [6, 6.07) is 19.4. The average molecular weight is 321 g/mol. The molecule has 24 heavy (non-hydrogen) atoms. The quantitative estimate of drug-likeness (QED) is 0.580. The summed E-state index contributed by atoms with van der Waals surface area (Å²) in [6.45, 7) is 2.23. The molecule has 0 atom stereocenters. The molecular weight excluding hydrogens is 302 g/mol. The zero-order chi connectivity index (χ0) is 17.2. The van der Waals surface area contributed by atoms with Crippen LogP contribution in [-0.4, -0.2) is 23.7 Å². The van der Waals surface area contributed by atoms with Crippen molar-refractivity contribution >= 4 is 12.1 Å². The Kier molecular flexibility index (Phi) is 6.54. The van der Waals surface area contributed by atoms with Crippen molar-refractivity contribution in [2.45, 2.75) is 20.0 Å². The van der Waals surface area contributed by atoms with Gasteiger partial charge in [-0.25, -0.2) is 5.01 Å². The summed E-state index contributed by atoms with van der Waals surface area (Å²) < 4.78 is 5.72. The molecule has 0 spiro atoms. The second-order valence-electron chi connectivity index (χ2n) is 5.14. The predicted octanol–water partition coefficient (Wildman–Crippen LogP) is 3.36.